The van der Waals surface area contributed by atoms with Gasteiger partial charge in [-0.2, -0.15) is 0 Å². The van der Waals surface area contributed by atoms with Gasteiger partial charge in [0.2, 0.25) is 9.84 Å². The van der Waals surface area contributed by atoms with Gasteiger partial charge >= 0.3 is 0 Å². The van der Waals surface area contributed by atoms with Crippen LogP contribution in [-0.4, -0.2) is 30.7 Å². The highest BCUT2D eigenvalue weighted by Gasteiger charge is 2.24. The first-order chi connectivity index (χ1) is 14.9. The third kappa shape index (κ3) is 4.06. The quantitative estimate of drug-likeness (QED) is 0.406. The maximum Gasteiger partial charge on any atom is 0.209 e. The van der Waals surface area contributed by atoms with E-state index >= 15 is 0 Å². The van der Waals surface area contributed by atoms with Crippen LogP contribution in [0.3, 0.4) is 0 Å². The smallest absolute Gasteiger partial charge is 0.209 e. The minimum absolute atomic E-state index is 0.0225. The van der Waals surface area contributed by atoms with Gasteiger partial charge in [-0.1, -0.05) is 18.2 Å². The first-order valence-electron chi connectivity index (χ1n) is 9.52. The van der Waals surface area contributed by atoms with E-state index < -0.39 is 20.5 Å². The molecule has 0 bridgehead atoms. The van der Waals surface area contributed by atoms with E-state index in [0.29, 0.717) is 12.0 Å². The van der Waals surface area contributed by atoms with Crippen molar-refractivity contribution in [1.82, 2.24) is 9.38 Å². The average molecular weight is 438 g/mol. The van der Waals surface area contributed by atoms with Crippen molar-refractivity contribution >= 4 is 21.3 Å². The molecular weight excluding hydrogens is 419 g/mol. The maximum atomic E-state index is 14.4. The lowest BCUT2D eigenvalue weighted by molar-refractivity contribution is 0.0982. The number of carbonyl (C=O) groups is 1. The second kappa shape index (κ2) is 8.31. The summed E-state index contributed by atoms with van der Waals surface area (Å²) in [5, 5.41) is 0. The van der Waals surface area contributed by atoms with Gasteiger partial charge in [-0.25, -0.2) is 17.8 Å². The molecule has 2 heterocycles. The van der Waals surface area contributed by atoms with Gasteiger partial charge in [-0.05, 0) is 48.4 Å². The van der Waals surface area contributed by atoms with Crippen molar-refractivity contribution in [2.24, 2.45) is 0 Å². The molecule has 8 heteroatoms. The number of rotatable bonds is 7. The molecule has 4 rings (SSSR count). The second-order valence-electron chi connectivity index (χ2n) is 6.95. The molecule has 0 N–H and O–H groups in total. The predicted octanol–water partition coefficient (Wildman–Crippen LogP) is 4.13. The van der Waals surface area contributed by atoms with Gasteiger partial charge in [0, 0.05) is 30.6 Å². The molecule has 0 spiro atoms. The number of imidazole rings is 1. The van der Waals surface area contributed by atoms with Crippen molar-refractivity contribution in [2.45, 2.75) is 22.6 Å². The Morgan fingerprint density at radius 3 is 2.61 bits per heavy atom. The summed E-state index contributed by atoms with van der Waals surface area (Å²) in [4.78, 5) is 16.2. The maximum absolute atomic E-state index is 14.4. The monoisotopic (exact) mass is 438 g/mol. The first-order valence-corrected chi connectivity index (χ1v) is 11.0. The standard InChI is InChI=1S/C23H19FN2O4S/c1-30-20-3-2-4-21(23(20)24)31(28,29)18-9-5-16(6-10-18)7-11-19(27)17-8-12-22-25-13-14-26(22)15-17/h2-6,8-10,12-15H,7,11H2,1H3. The van der Waals surface area contributed by atoms with Crippen molar-refractivity contribution in [3.05, 3.63) is 90.1 Å². The number of hydrogen-bond donors (Lipinski definition) is 0. The van der Waals surface area contributed by atoms with Gasteiger partial charge < -0.3 is 9.14 Å². The van der Waals surface area contributed by atoms with Crippen LogP contribution in [0.15, 0.2) is 83.0 Å². The minimum Gasteiger partial charge on any atom is -0.494 e. The Hall–Kier alpha value is -3.52. The number of hydrogen-bond acceptors (Lipinski definition) is 5. The highest BCUT2D eigenvalue weighted by molar-refractivity contribution is 7.91. The number of ether oxygens (including phenoxy) is 1. The molecule has 6 nitrogen and oxygen atoms in total. The zero-order chi connectivity index (χ0) is 22.0. The molecule has 2 aromatic carbocycles. The van der Waals surface area contributed by atoms with Crippen LogP contribution < -0.4 is 4.74 Å². The van der Waals surface area contributed by atoms with Crippen LogP contribution in [0.4, 0.5) is 4.39 Å². The molecule has 0 unspecified atom stereocenters. The van der Waals surface area contributed by atoms with E-state index in [0.717, 1.165) is 11.2 Å². The Bertz CT molecular complexity index is 1360. The fourth-order valence-corrected chi connectivity index (χ4v) is 4.65. The molecule has 0 aliphatic carbocycles. The highest BCUT2D eigenvalue weighted by Crippen LogP contribution is 2.28. The third-order valence-electron chi connectivity index (χ3n) is 5.02. The highest BCUT2D eigenvalue weighted by atomic mass is 32.2. The number of pyridine rings is 1. The zero-order valence-corrected chi connectivity index (χ0v) is 17.5. The lowest BCUT2D eigenvalue weighted by Gasteiger charge is -2.09. The van der Waals surface area contributed by atoms with Crippen molar-refractivity contribution < 1.29 is 22.3 Å². The number of Topliss-reactive ketones (excluding diaryl/α,β-unsaturated/α-hetero) is 1. The molecule has 31 heavy (non-hydrogen) atoms. The van der Waals surface area contributed by atoms with Crippen LogP contribution in [0.1, 0.15) is 22.3 Å². The fraction of sp³-hybridized carbons (Fsp3) is 0.130. The summed E-state index contributed by atoms with van der Waals surface area (Å²) < 4.78 is 46.7. The molecule has 0 amide bonds. The Kier molecular flexibility index (Phi) is 5.56. The van der Waals surface area contributed by atoms with Crippen molar-refractivity contribution in [1.29, 1.82) is 0 Å². The van der Waals surface area contributed by atoms with Crippen LogP contribution in [0.25, 0.3) is 5.65 Å². The number of nitrogens with zero attached hydrogens (tertiary/aromatic N) is 2. The number of ketones is 1. The number of methoxy groups -OCH3 is 1. The van der Waals surface area contributed by atoms with Gasteiger partial charge in [-0.15, -0.1) is 0 Å². The van der Waals surface area contributed by atoms with Gasteiger partial charge in [0.15, 0.2) is 17.3 Å². The van der Waals surface area contributed by atoms with Crippen molar-refractivity contribution in [3.8, 4) is 5.75 Å². The topological polar surface area (TPSA) is 77.7 Å². The summed E-state index contributed by atoms with van der Waals surface area (Å²) in [6, 6.07) is 13.6. The van der Waals surface area contributed by atoms with Crippen LogP contribution in [-0.2, 0) is 16.3 Å². The third-order valence-corrected chi connectivity index (χ3v) is 6.81. The number of carbonyl (C=O) groups excluding carboxylic acids is 1. The van der Waals surface area contributed by atoms with Crippen molar-refractivity contribution in [2.75, 3.05) is 7.11 Å². The Morgan fingerprint density at radius 1 is 1.10 bits per heavy atom. The van der Waals surface area contributed by atoms with Gasteiger partial charge in [-0.3, -0.25) is 4.79 Å². The SMILES string of the molecule is COc1cccc(S(=O)(=O)c2ccc(CCC(=O)c3ccc4nccn4c3)cc2)c1F. The van der Waals surface area contributed by atoms with Crippen LogP contribution in [0.5, 0.6) is 5.75 Å². The van der Waals surface area contributed by atoms with E-state index in [4.69, 9.17) is 4.74 Å². The fourth-order valence-electron chi connectivity index (χ4n) is 3.31. The number of aromatic nitrogens is 2. The molecule has 158 valence electrons. The summed E-state index contributed by atoms with van der Waals surface area (Å²) in [7, 11) is -2.76. The first kappa shape index (κ1) is 20.7. The summed E-state index contributed by atoms with van der Waals surface area (Å²) in [5.74, 6) is -1.08. The van der Waals surface area contributed by atoms with Crippen LogP contribution >= 0.6 is 0 Å². The molecule has 0 radical (unpaired) electrons. The van der Waals surface area contributed by atoms with Crippen LogP contribution in [0, 0.1) is 5.82 Å². The normalized spacial score (nSPS) is 11.5. The molecule has 0 saturated carbocycles. The molecule has 0 fully saturated rings. The van der Waals surface area contributed by atoms with E-state index in [-0.39, 0.29) is 22.8 Å². The van der Waals surface area contributed by atoms with Crippen LogP contribution in [0.2, 0.25) is 0 Å². The Morgan fingerprint density at radius 2 is 1.87 bits per heavy atom. The number of fused-ring (bicyclic) bond motifs is 1. The van der Waals surface area contributed by atoms with E-state index in [2.05, 4.69) is 4.98 Å². The summed E-state index contributed by atoms with van der Waals surface area (Å²) >= 11 is 0. The molecule has 0 saturated heterocycles. The van der Waals surface area contributed by atoms with Gasteiger partial charge in [0.25, 0.3) is 0 Å². The van der Waals surface area contributed by atoms with Gasteiger partial charge in [0.1, 0.15) is 10.5 Å². The number of aryl methyl sites for hydroxylation is 1. The number of halogens is 1. The molecule has 4 aromatic rings. The second-order valence-corrected chi connectivity index (χ2v) is 8.87. The predicted molar refractivity (Wildman–Crippen MR) is 113 cm³/mol. The number of benzene rings is 2. The summed E-state index contributed by atoms with van der Waals surface area (Å²) in [6.45, 7) is 0. The lowest BCUT2D eigenvalue weighted by atomic mass is 10.0. The largest absolute Gasteiger partial charge is 0.494 e. The number of sulfone groups is 1. The van der Waals surface area contributed by atoms with E-state index in [1.807, 2.05) is 0 Å². The lowest BCUT2D eigenvalue weighted by Crippen LogP contribution is -2.06. The van der Waals surface area contributed by atoms with E-state index in [9.17, 15) is 17.6 Å². The molecule has 0 atom stereocenters. The molecule has 0 aliphatic rings. The van der Waals surface area contributed by atoms with Crippen molar-refractivity contribution in [3.63, 3.8) is 0 Å². The Labute approximate surface area is 178 Å². The molecular formula is C23H19FN2O4S. The summed E-state index contributed by atoms with van der Waals surface area (Å²) in [6.07, 6.45) is 5.90. The van der Waals surface area contributed by atoms with Gasteiger partial charge in [0.05, 0.1) is 12.0 Å². The molecule has 2 aromatic heterocycles. The van der Waals surface area contributed by atoms with E-state index in [1.54, 1.807) is 47.3 Å². The zero-order valence-electron chi connectivity index (χ0n) is 16.7. The minimum atomic E-state index is -4.04. The molecule has 0 aliphatic heterocycles. The summed E-state index contributed by atoms with van der Waals surface area (Å²) in [5.41, 5.74) is 2.15. The average Bonchev–Trinajstić information content (AvgIpc) is 3.25. The Balaban J connectivity index is 1.48. The van der Waals surface area contributed by atoms with E-state index in [1.165, 1.54) is 37.4 Å².